The molecule has 0 spiro atoms. The lowest BCUT2D eigenvalue weighted by molar-refractivity contribution is -0.130. The van der Waals surface area contributed by atoms with E-state index in [1.165, 1.54) is 4.90 Å². The van der Waals surface area contributed by atoms with Crippen LogP contribution in [-0.2, 0) is 20.9 Å². The van der Waals surface area contributed by atoms with Crippen molar-refractivity contribution in [3.63, 3.8) is 0 Å². The molecule has 7 heteroatoms. The molecule has 0 radical (unpaired) electrons. The molecule has 0 unspecified atom stereocenters. The summed E-state index contributed by atoms with van der Waals surface area (Å²) >= 11 is 0. The first-order valence-electron chi connectivity index (χ1n) is 10.3. The van der Waals surface area contributed by atoms with Crippen LogP contribution in [0.3, 0.4) is 0 Å². The molecule has 0 saturated carbocycles. The first-order chi connectivity index (χ1) is 14.9. The minimum Gasteiger partial charge on any atom is -0.378 e. The molecule has 3 aromatic rings. The maximum atomic E-state index is 13.0. The number of hydrogen-bond acceptors (Lipinski definition) is 4. The summed E-state index contributed by atoms with van der Waals surface area (Å²) < 4.78 is 6.98. The maximum Gasteiger partial charge on any atom is 0.295 e. The highest BCUT2D eigenvalue weighted by Gasteiger charge is 2.27. The third-order valence-electron chi connectivity index (χ3n) is 5.50. The number of ketones is 1. The Morgan fingerprint density at radius 1 is 1.03 bits per heavy atom. The van der Waals surface area contributed by atoms with Gasteiger partial charge in [-0.05, 0) is 31.5 Å². The van der Waals surface area contributed by atoms with Crippen molar-refractivity contribution in [2.75, 3.05) is 31.6 Å². The molecule has 160 valence electrons. The Balaban J connectivity index is 1.58. The standard InChI is InChI=1S/C24H25N3O4/c1-16-7-8-20(17(2)13-16)25-22(28)15-27-14-19(18-5-3-4-6-21(18)27)23(29)24(30)26-9-11-31-12-10-26/h3-8,13-14H,9-12,15H2,1-2H3,(H,25,28). The molecule has 1 N–H and O–H groups in total. The van der Waals surface area contributed by atoms with Gasteiger partial charge >= 0.3 is 0 Å². The van der Waals surface area contributed by atoms with E-state index < -0.39 is 11.7 Å². The van der Waals surface area contributed by atoms with Crippen LogP contribution in [0.4, 0.5) is 5.69 Å². The van der Waals surface area contributed by atoms with Crippen LogP contribution in [0.25, 0.3) is 10.9 Å². The molecule has 0 atom stereocenters. The number of nitrogens with one attached hydrogen (secondary N) is 1. The summed E-state index contributed by atoms with van der Waals surface area (Å²) in [4.78, 5) is 39.9. The van der Waals surface area contributed by atoms with Crippen molar-refractivity contribution in [1.29, 1.82) is 0 Å². The molecule has 1 saturated heterocycles. The van der Waals surface area contributed by atoms with Crippen LogP contribution >= 0.6 is 0 Å². The number of rotatable bonds is 5. The fraction of sp³-hybridized carbons (Fsp3) is 0.292. The summed E-state index contributed by atoms with van der Waals surface area (Å²) in [7, 11) is 0. The van der Waals surface area contributed by atoms with Gasteiger partial charge in [-0.2, -0.15) is 0 Å². The average Bonchev–Trinajstić information content (AvgIpc) is 3.13. The number of nitrogens with zero attached hydrogens (tertiary/aromatic N) is 2. The van der Waals surface area contributed by atoms with Crippen LogP contribution < -0.4 is 5.32 Å². The number of benzene rings is 2. The number of carbonyl (C=O) groups is 3. The molecular weight excluding hydrogens is 394 g/mol. The van der Waals surface area contributed by atoms with E-state index in [0.717, 1.165) is 22.3 Å². The summed E-state index contributed by atoms with van der Waals surface area (Å²) in [6.45, 7) is 5.65. The number of Topliss-reactive ketones (excluding diaryl/α,β-unsaturated/α-hetero) is 1. The number of hydrogen-bond donors (Lipinski definition) is 1. The number of ether oxygens (including phenoxy) is 1. The van der Waals surface area contributed by atoms with E-state index in [4.69, 9.17) is 4.74 Å². The van der Waals surface area contributed by atoms with Crippen LogP contribution in [0.2, 0.25) is 0 Å². The Kier molecular flexibility index (Phi) is 5.86. The molecule has 2 heterocycles. The van der Waals surface area contributed by atoms with Crippen molar-refractivity contribution in [3.8, 4) is 0 Å². The second-order valence-electron chi connectivity index (χ2n) is 7.79. The average molecular weight is 419 g/mol. The minimum absolute atomic E-state index is 0.0346. The van der Waals surface area contributed by atoms with Gasteiger partial charge in [0.05, 0.1) is 18.8 Å². The number of aromatic nitrogens is 1. The largest absolute Gasteiger partial charge is 0.378 e. The summed E-state index contributed by atoms with van der Waals surface area (Å²) in [6.07, 6.45) is 1.60. The van der Waals surface area contributed by atoms with Crippen molar-refractivity contribution in [1.82, 2.24) is 9.47 Å². The zero-order chi connectivity index (χ0) is 22.0. The van der Waals surface area contributed by atoms with Crippen molar-refractivity contribution >= 4 is 34.2 Å². The van der Waals surface area contributed by atoms with Gasteiger partial charge in [0.25, 0.3) is 11.7 Å². The van der Waals surface area contributed by atoms with Crippen molar-refractivity contribution < 1.29 is 19.1 Å². The van der Waals surface area contributed by atoms with Crippen LogP contribution in [-0.4, -0.2) is 53.4 Å². The molecule has 2 aromatic carbocycles. The topological polar surface area (TPSA) is 80.6 Å². The van der Waals surface area contributed by atoms with Crippen molar-refractivity contribution in [3.05, 3.63) is 65.4 Å². The third kappa shape index (κ3) is 4.36. The fourth-order valence-corrected chi connectivity index (χ4v) is 3.88. The number of carbonyl (C=O) groups excluding carboxylic acids is 3. The molecule has 1 fully saturated rings. The normalized spacial score (nSPS) is 13.9. The number of fused-ring (bicyclic) bond motifs is 1. The lowest BCUT2D eigenvalue weighted by atomic mass is 10.1. The van der Waals surface area contributed by atoms with Crippen LogP contribution in [0.15, 0.2) is 48.7 Å². The third-order valence-corrected chi connectivity index (χ3v) is 5.50. The zero-order valence-corrected chi connectivity index (χ0v) is 17.7. The second-order valence-corrected chi connectivity index (χ2v) is 7.79. The molecule has 4 rings (SSSR count). The second kappa shape index (κ2) is 8.73. The van der Waals surface area contributed by atoms with Gasteiger partial charge in [0, 0.05) is 35.9 Å². The van der Waals surface area contributed by atoms with Gasteiger partial charge in [0.15, 0.2) is 0 Å². The van der Waals surface area contributed by atoms with Crippen molar-refractivity contribution in [2.45, 2.75) is 20.4 Å². The molecule has 1 aromatic heterocycles. The van der Waals surface area contributed by atoms with Crippen LogP contribution in [0, 0.1) is 13.8 Å². The number of para-hydroxylation sites is 1. The van der Waals surface area contributed by atoms with Gasteiger partial charge in [0.1, 0.15) is 6.54 Å². The Labute approximate surface area is 180 Å². The summed E-state index contributed by atoms with van der Waals surface area (Å²) in [5, 5.41) is 3.59. The number of amides is 2. The van der Waals surface area contributed by atoms with E-state index in [1.54, 1.807) is 16.8 Å². The van der Waals surface area contributed by atoms with Crippen molar-refractivity contribution in [2.24, 2.45) is 0 Å². The Hall–Kier alpha value is -3.45. The minimum atomic E-state index is -0.563. The monoisotopic (exact) mass is 419 g/mol. The van der Waals surface area contributed by atoms with Crippen LogP contribution in [0.1, 0.15) is 21.5 Å². The molecule has 1 aliphatic heterocycles. The highest BCUT2D eigenvalue weighted by Crippen LogP contribution is 2.23. The lowest BCUT2D eigenvalue weighted by Gasteiger charge is -2.25. The Morgan fingerprint density at radius 2 is 1.77 bits per heavy atom. The summed E-state index contributed by atoms with van der Waals surface area (Å²) in [5.41, 5.74) is 3.91. The van der Waals surface area contributed by atoms with E-state index in [-0.39, 0.29) is 12.5 Å². The fourth-order valence-electron chi connectivity index (χ4n) is 3.88. The van der Waals surface area contributed by atoms with E-state index >= 15 is 0 Å². The molecule has 1 aliphatic rings. The Morgan fingerprint density at radius 3 is 2.52 bits per heavy atom. The molecule has 0 aliphatic carbocycles. The highest BCUT2D eigenvalue weighted by atomic mass is 16.5. The van der Waals surface area contributed by atoms with E-state index in [1.807, 2.05) is 50.2 Å². The predicted molar refractivity (Wildman–Crippen MR) is 118 cm³/mol. The van der Waals surface area contributed by atoms with E-state index in [2.05, 4.69) is 5.32 Å². The maximum absolute atomic E-state index is 13.0. The smallest absolute Gasteiger partial charge is 0.295 e. The number of anilines is 1. The zero-order valence-electron chi connectivity index (χ0n) is 17.7. The van der Waals surface area contributed by atoms with Gasteiger partial charge in [-0.3, -0.25) is 14.4 Å². The van der Waals surface area contributed by atoms with Gasteiger partial charge in [-0.15, -0.1) is 0 Å². The molecule has 7 nitrogen and oxygen atoms in total. The summed E-state index contributed by atoms with van der Waals surface area (Å²) in [6, 6.07) is 13.1. The van der Waals surface area contributed by atoms with Gasteiger partial charge in [-0.25, -0.2) is 0 Å². The van der Waals surface area contributed by atoms with E-state index in [0.29, 0.717) is 37.3 Å². The molecule has 31 heavy (non-hydrogen) atoms. The quantitative estimate of drug-likeness (QED) is 0.509. The predicted octanol–water partition coefficient (Wildman–Crippen LogP) is 2.94. The number of aryl methyl sites for hydroxylation is 2. The molecular formula is C24H25N3O4. The number of morpholine rings is 1. The first-order valence-corrected chi connectivity index (χ1v) is 10.3. The molecule has 2 amide bonds. The highest BCUT2D eigenvalue weighted by molar-refractivity contribution is 6.44. The van der Waals surface area contributed by atoms with Gasteiger partial charge in [0.2, 0.25) is 5.91 Å². The molecule has 0 bridgehead atoms. The summed E-state index contributed by atoms with van der Waals surface area (Å²) in [5.74, 6) is -1.30. The van der Waals surface area contributed by atoms with Gasteiger partial charge in [-0.1, -0.05) is 35.9 Å². The Bertz CT molecular complexity index is 1160. The van der Waals surface area contributed by atoms with Gasteiger partial charge < -0.3 is 19.5 Å². The van der Waals surface area contributed by atoms with E-state index in [9.17, 15) is 14.4 Å². The SMILES string of the molecule is Cc1ccc(NC(=O)Cn2cc(C(=O)C(=O)N3CCOCC3)c3ccccc32)c(C)c1. The lowest BCUT2D eigenvalue weighted by Crippen LogP contribution is -2.44. The van der Waals surface area contributed by atoms with Crippen LogP contribution in [0.5, 0.6) is 0 Å². The first kappa shape index (κ1) is 20.8.